The minimum absolute atomic E-state index is 0.122. The van der Waals surface area contributed by atoms with Gasteiger partial charge in [0.1, 0.15) is 5.75 Å². The highest BCUT2D eigenvalue weighted by Gasteiger charge is 2.86. The predicted octanol–water partition coefficient (Wildman–Crippen LogP) is 4.12. The third kappa shape index (κ3) is 2.62. The number of rotatable bonds is 4. The molecule has 5 nitrogen and oxygen atoms in total. The van der Waals surface area contributed by atoms with Crippen LogP contribution >= 0.6 is 0 Å². The minimum Gasteiger partial charge on any atom is -0.481 e. The summed E-state index contributed by atoms with van der Waals surface area (Å²) in [5.74, 6) is -1.05. The van der Waals surface area contributed by atoms with E-state index in [1.54, 1.807) is 12.1 Å². The fraction of sp³-hybridized carbons (Fsp3) is 0.667. The number of benzene rings is 1. The third-order valence-corrected chi connectivity index (χ3v) is 8.72. The van der Waals surface area contributed by atoms with Gasteiger partial charge in [0, 0.05) is 17.5 Å². The zero-order chi connectivity index (χ0) is 20.2. The molecule has 4 unspecified atom stereocenters. The summed E-state index contributed by atoms with van der Waals surface area (Å²) in [6, 6.07) is 9.95. The van der Waals surface area contributed by atoms with Gasteiger partial charge in [-0.1, -0.05) is 37.5 Å². The second-order valence-electron chi connectivity index (χ2n) is 9.79. The molecule has 2 saturated heterocycles. The molecule has 1 aromatic carbocycles. The molecule has 4 aliphatic rings. The zero-order valence-electron chi connectivity index (χ0n) is 17.2. The fourth-order valence-electron chi connectivity index (χ4n) is 7.50. The predicted molar refractivity (Wildman–Crippen MR) is 108 cm³/mol. The first-order chi connectivity index (χ1) is 14.0. The Morgan fingerprint density at radius 3 is 2.21 bits per heavy atom. The van der Waals surface area contributed by atoms with Crippen LogP contribution < -0.4 is 4.74 Å². The van der Waals surface area contributed by atoms with Gasteiger partial charge in [-0.3, -0.25) is 9.59 Å². The van der Waals surface area contributed by atoms with E-state index in [0.717, 1.165) is 51.4 Å². The van der Waals surface area contributed by atoms with Crippen molar-refractivity contribution in [2.24, 2.45) is 22.7 Å². The SMILES string of the molecule is CN1C2CCC1CC1(C2)C(C(=O)O)C1(C(=O)Oc1ccccc1)C1CCCCC1. The van der Waals surface area contributed by atoms with Crippen LogP contribution in [0.5, 0.6) is 5.75 Å². The second-order valence-corrected chi connectivity index (χ2v) is 9.79. The molecule has 0 aromatic heterocycles. The minimum atomic E-state index is -0.864. The standard InChI is InChI=1S/C24H31NO4/c1-25-17-12-13-18(25)15-23(14-17)20(21(26)27)24(23,16-8-4-2-5-9-16)22(28)29-19-10-6-3-7-11-19/h3,6-7,10-11,16-18,20H,2,4-5,8-9,12-15H2,1H3,(H,26,27). The summed E-state index contributed by atoms with van der Waals surface area (Å²) in [5.41, 5.74) is -1.30. The van der Waals surface area contributed by atoms with Crippen molar-refractivity contribution in [3.63, 3.8) is 0 Å². The summed E-state index contributed by atoms with van der Waals surface area (Å²) in [5, 5.41) is 10.3. The normalized spacial score (nSPS) is 39.4. The quantitative estimate of drug-likeness (QED) is 0.612. The molecular formula is C24H31NO4. The van der Waals surface area contributed by atoms with Gasteiger partial charge in [-0.05, 0) is 63.6 Å². The maximum absolute atomic E-state index is 13.8. The zero-order valence-corrected chi connectivity index (χ0v) is 17.2. The number of hydrogen-bond donors (Lipinski definition) is 1. The Bertz CT molecular complexity index is 788. The second kappa shape index (κ2) is 6.83. The van der Waals surface area contributed by atoms with Crippen LogP contribution in [0.2, 0.25) is 0 Å². The van der Waals surface area contributed by atoms with Gasteiger partial charge in [0.15, 0.2) is 0 Å². The van der Waals surface area contributed by atoms with Gasteiger partial charge in [-0.15, -0.1) is 0 Å². The summed E-state index contributed by atoms with van der Waals surface area (Å²) in [6.45, 7) is 0. The smallest absolute Gasteiger partial charge is 0.319 e. The Hall–Kier alpha value is -1.88. The Labute approximate surface area is 172 Å². The maximum Gasteiger partial charge on any atom is 0.319 e. The molecule has 5 rings (SSSR count). The molecule has 1 aromatic rings. The van der Waals surface area contributed by atoms with Crippen LogP contribution in [0.15, 0.2) is 30.3 Å². The average molecular weight is 398 g/mol. The van der Waals surface area contributed by atoms with E-state index in [9.17, 15) is 14.7 Å². The summed E-state index contributed by atoms with van der Waals surface area (Å²) in [6.07, 6.45) is 9.10. The van der Waals surface area contributed by atoms with E-state index in [1.165, 1.54) is 6.42 Å². The monoisotopic (exact) mass is 397 g/mol. The van der Waals surface area contributed by atoms with E-state index in [0.29, 0.717) is 17.8 Å². The molecule has 0 radical (unpaired) electrons. The van der Waals surface area contributed by atoms with Crippen LogP contribution in [0.1, 0.15) is 57.8 Å². The van der Waals surface area contributed by atoms with Crippen LogP contribution in [0.25, 0.3) is 0 Å². The molecular weight excluding hydrogens is 366 g/mol. The number of nitrogens with zero attached hydrogens (tertiary/aromatic N) is 1. The number of aliphatic carboxylic acids is 1. The van der Waals surface area contributed by atoms with E-state index >= 15 is 0 Å². The molecule has 2 saturated carbocycles. The van der Waals surface area contributed by atoms with Crippen molar-refractivity contribution in [1.82, 2.24) is 4.90 Å². The number of piperidine rings is 1. The fourth-order valence-corrected chi connectivity index (χ4v) is 7.50. The van der Waals surface area contributed by atoms with Gasteiger partial charge in [0.2, 0.25) is 0 Å². The summed E-state index contributed by atoms with van der Waals surface area (Å²) >= 11 is 0. The largest absolute Gasteiger partial charge is 0.481 e. The van der Waals surface area contributed by atoms with Crippen LogP contribution in [0, 0.1) is 22.7 Å². The van der Waals surface area contributed by atoms with Crippen molar-refractivity contribution in [3.8, 4) is 5.75 Å². The molecule has 5 heteroatoms. The van der Waals surface area contributed by atoms with Gasteiger partial charge in [0.25, 0.3) is 0 Å². The number of carboxylic acid groups (broad SMARTS) is 1. The van der Waals surface area contributed by atoms with Crippen molar-refractivity contribution in [2.45, 2.75) is 69.9 Å². The van der Waals surface area contributed by atoms with Crippen LogP contribution in [-0.2, 0) is 9.59 Å². The number of hydrogen-bond acceptors (Lipinski definition) is 4. The lowest BCUT2D eigenvalue weighted by atomic mass is 9.70. The molecule has 156 valence electrons. The van der Waals surface area contributed by atoms with E-state index in [4.69, 9.17) is 4.74 Å². The molecule has 4 atom stereocenters. The molecule has 2 aliphatic carbocycles. The molecule has 2 bridgehead atoms. The number of carboxylic acids is 1. The van der Waals surface area contributed by atoms with Crippen molar-refractivity contribution in [1.29, 1.82) is 0 Å². The number of esters is 1. The van der Waals surface area contributed by atoms with Crippen LogP contribution in [-0.4, -0.2) is 41.1 Å². The van der Waals surface area contributed by atoms with Gasteiger partial charge in [0.05, 0.1) is 11.3 Å². The molecule has 2 aliphatic heterocycles. The Balaban J connectivity index is 1.56. The van der Waals surface area contributed by atoms with E-state index in [2.05, 4.69) is 11.9 Å². The Morgan fingerprint density at radius 1 is 1.00 bits per heavy atom. The van der Waals surface area contributed by atoms with Gasteiger partial charge in [-0.2, -0.15) is 0 Å². The van der Waals surface area contributed by atoms with Gasteiger partial charge < -0.3 is 14.7 Å². The molecule has 29 heavy (non-hydrogen) atoms. The lowest BCUT2D eigenvalue weighted by molar-refractivity contribution is -0.150. The molecule has 1 spiro atoms. The Morgan fingerprint density at radius 2 is 1.62 bits per heavy atom. The maximum atomic E-state index is 13.8. The number of carbonyl (C=O) groups excluding carboxylic acids is 1. The van der Waals surface area contributed by atoms with E-state index in [-0.39, 0.29) is 11.9 Å². The van der Waals surface area contributed by atoms with Gasteiger partial charge in [-0.25, -0.2) is 0 Å². The number of para-hydroxylation sites is 1. The first-order valence-corrected chi connectivity index (χ1v) is 11.2. The number of carbonyl (C=O) groups is 2. The topological polar surface area (TPSA) is 66.8 Å². The first kappa shape index (κ1) is 19.1. The van der Waals surface area contributed by atoms with Gasteiger partial charge >= 0.3 is 11.9 Å². The van der Waals surface area contributed by atoms with Crippen molar-refractivity contribution in [2.75, 3.05) is 7.05 Å². The van der Waals surface area contributed by atoms with Crippen LogP contribution in [0.4, 0.5) is 0 Å². The summed E-state index contributed by atoms with van der Waals surface area (Å²) in [4.78, 5) is 28.8. The highest BCUT2D eigenvalue weighted by molar-refractivity contribution is 5.94. The number of fused-ring (bicyclic) bond motifs is 2. The van der Waals surface area contributed by atoms with E-state index in [1.807, 2.05) is 18.2 Å². The van der Waals surface area contributed by atoms with Crippen molar-refractivity contribution in [3.05, 3.63) is 30.3 Å². The Kier molecular flexibility index (Phi) is 4.50. The average Bonchev–Trinajstić information content (AvgIpc) is 3.27. The molecule has 2 heterocycles. The van der Waals surface area contributed by atoms with E-state index < -0.39 is 22.7 Å². The first-order valence-electron chi connectivity index (χ1n) is 11.2. The molecule has 1 N–H and O–H groups in total. The third-order valence-electron chi connectivity index (χ3n) is 8.72. The van der Waals surface area contributed by atoms with Crippen molar-refractivity contribution >= 4 is 11.9 Å². The lowest BCUT2D eigenvalue weighted by Gasteiger charge is -2.41. The molecule has 4 fully saturated rings. The summed E-state index contributed by atoms with van der Waals surface area (Å²) in [7, 11) is 2.16. The van der Waals surface area contributed by atoms with Crippen molar-refractivity contribution < 1.29 is 19.4 Å². The highest BCUT2D eigenvalue weighted by Crippen LogP contribution is 2.80. The summed E-state index contributed by atoms with van der Waals surface area (Å²) < 4.78 is 5.90. The highest BCUT2D eigenvalue weighted by atomic mass is 16.5. The number of ether oxygens (including phenoxy) is 1. The van der Waals surface area contributed by atoms with Crippen LogP contribution in [0.3, 0.4) is 0 Å². The lowest BCUT2D eigenvalue weighted by Crippen LogP contribution is -2.46. The molecule has 0 amide bonds.